The number of carbonyl (C=O) groups is 3. The first-order valence-electron chi connectivity index (χ1n) is 17.7. The van der Waals surface area contributed by atoms with Gasteiger partial charge in [-0.25, -0.2) is 28.6 Å². The van der Waals surface area contributed by atoms with Crippen molar-refractivity contribution < 1.29 is 80.5 Å². The van der Waals surface area contributed by atoms with Crippen molar-refractivity contribution in [3.8, 4) is 0 Å². The number of thioether (sulfide) groups is 1. The minimum Gasteiger partial charge on any atom is -0.386 e. The minimum atomic E-state index is -5.58. The molecule has 1 aromatic carbocycles. The van der Waals surface area contributed by atoms with Crippen LogP contribution in [-0.2, 0) is 57.1 Å². The summed E-state index contributed by atoms with van der Waals surface area (Å²) in [5, 5.41) is 26.2. The summed E-state index contributed by atoms with van der Waals surface area (Å²) < 4.78 is 62.2. The molecule has 1 aliphatic heterocycles. The molecule has 3 aromatic rings. The average Bonchev–Trinajstić information content (AvgIpc) is 3.71. The van der Waals surface area contributed by atoms with Gasteiger partial charge in [-0.2, -0.15) is 4.31 Å². The van der Waals surface area contributed by atoms with E-state index in [0.29, 0.717) is 6.42 Å². The fourth-order valence-corrected chi connectivity index (χ4v) is 9.10. The smallest absolute Gasteiger partial charge is 0.386 e. The molecule has 0 aliphatic carbocycles. The number of ether oxygens (including phenoxy) is 1. The van der Waals surface area contributed by atoms with E-state index in [1.807, 2.05) is 31.2 Å². The van der Waals surface area contributed by atoms with Gasteiger partial charge in [0.1, 0.15) is 36.3 Å². The van der Waals surface area contributed by atoms with E-state index in [9.17, 15) is 57.9 Å². The summed E-state index contributed by atoms with van der Waals surface area (Å²) in [6.07, 6.45) is -6.62. The third kappa shape index (κ3) is 14.4. The lowest BCUT2D eigenvalue weighted by Crippen LogP contribution is -2.46. The number of aliphatic hydroxyl groups is 2. The number of aliphatic hydroxyl groups excluding tert-OH is 2. The Morgan fingerprint density at radius 2 is 1.75 bits per heavy atom. The number of anilines is 1. The number of aromatic nitrogens is 4. The van der Waals surface area contributed by atoms with E-state index in [4.69, 9.17) is 25.3 Å². The Morgan fingerprint density at radius 3 is 2.43 bits per heavy atom. The molecule has 1 fully saturated rings. The molecule has 12 N–H and O–H groups in total. The van der Waals surface area contributed by atoms with Crippen LogP contribution in [0.5, 0.6) is 0 Å². The molecule has 4 rings (SSSR count). The molecule has 2 amide bonds. The van der Waals surface area contributed by atoms with Crippen LogP contribution in [0.25, 0.3) is 11.2 Å². The largest absolute Gasteiger partial charge is 0.481 e. The van der Waals surface area contributed by atoms with Gasteiger partial charge < -0.3 is 56.6 Å². The number of fused-ring (bicyclic) bond motifs is 1. The van der Waals surface area contributed by atoms with Crippen molar-refractivity contribution in [2.24, 2.45) is 11.1 Å². The van der Waals surface area contributed by atoms with Crippen LogP contribution < -0.4 is 22.1 Å². The molecule has 25 nitrogen and oxygen atoms in total. The van der Waals surface area contributed by atoms with E-state index in [-0.39, 0.29) is 47.4 Å². The van der Waals surface area contributed by atoms with Gasteiger partial charge in [-0.05, 0) is 18.9 Å². The van der Waals surface area contributed by atoms with E-state index >= 15 is 0 Å². The summed E-state index contributed by atoms with van der Waals surface area (Å²) in [4.78, 5) is 88.3. The Kier molecular flexibility index (Phi) is 17.1. The zero-order valence-electron chi connectivity index (χ0n) is 32.2. The number of nitrogens with one attached hydrogen (secondary N) is 2. The average molecular weight is 929 g/mol. The SMILES string of the molecule is Cc1cccc(CC(N)C(=O)SCCNC(=O)CCNC(=O)C(O)C(C)(C)COP(=O)(O)OP(=O)(O)OCC2OC(n3cnc4c(N)ncnc43)C(O)C2OP(=O)(O)O)c1. The van der Waals surface area contributed by atoms with Gasteiger partial charge in [-0.15, -0.1) is 0 Å². The van der Waals surface area contributed by atoms with Crippen LogP contribution >= 0.6 is 35.2 Å². The molecular formula is C31H47N8O17P3S. The van der Waals surface area contributed by atoms with E-state index in [0.717, 1.165) is 40.1 Å². The number of aryl methyl sites for hydroxylation is 1. The van der Waals surface area contributed by atoms with Crippen LogP contribution in [0, 0.1) is 12.3 Å². The Labute approximate surface area is 346 Å². The summed E-state index contributed by atoms with van der Waals surface area (Å²) in [5.74, 6) is -1.25. The van der Waals surface area contributed by atoms with E-state index in [1.54, 1.807) is 0 Å². The third-order valence-corrected chi connectivity index (χ3v) is 12.7. The van der Waals surface area contributed by atoms with Crippen molar-refractivity contribution in [1.29, 1.82) is 0 Å². The molecular weight excluding hydrogens is 881 g/mol. The minimum absolute atomic E-state index is 0.0269. The number of imidazole rings is 1. The number of rotatable bonds is 22. The van der Waals surface area contributed by atoms with Gasteiger partial charge in [0, 0.05) is 30.7 Å². The molecule has 1 saturated heterocycles. The highest BCUT2D eigenvalue weighted by Gasteiger charge is 2.50. The van der Waals surface area contributed by atoms with Crippen molar-refractivity contribution in [3.05, 3.63) is 48.0 Å². The Hall–Kier alpha value is -3.26. The van der Waals surface area contributed by atoms with Crippen molar-refractivity contribution in [2.75, 3.05) is 37.8 Å². The second-order valence-corrected chi connectivity index (χ2v) is 19.4. The zero-order valence-corrected chi connectivity index (χ0v) is 35.7. The Bertz CT molecular complexity index is 2140. The first-order valence-corrected chi connectivity index (χ1v) is 23.3. The molecule has 8 atom stereocenters. The molecule has 0 saturated carbocycles. The lowest BCUT2D eigenvalue weighted by Gasteiger charge is -2.30. The first kappa shape index (κ1) is 49.4. The highest BCUT2D eigenvalue weighted by molar-refractivity contribution is 8.13. The molecule has 60 heavy (non-hydrogen) atoms. The van der Waals surface area contributed by atoms with E-state index in [1.165, 1.54) is 13.8 Å². The fraction of sp³-hybridized carbons (Fsp3) is 0.548. The van der Waals surface area contributed by atoms with Gasteiger partial charge in [0.25, 0.3) is 0 Å². The van der Waals surface area contributed by atoms with Crippen LogP contribution in [0.4, 0.5) is 5.82 Å². The normalized spacial score (nSPS) is 21.5. The number of nitrogens with zero attached hydrogens (tertiary/aromatic N) is 4. The van der Waals surface area contributed by atoms with Gasteiger partial charge >= 0.3 is 23.5 Å². The van der Waals surface area contributed by atoms with Gasteiger partial charge in [-0.1, -0.05) is 55.4 Å². The van der Waals surface area contributed by atoms with Gasteiger partial charge in [0.2, 0.25) is 16.9 Å². The maximum absolute atomic E-state index is 12.7. The highest BCUT2D eigenvalue weighted by Crippen LogP contribution is 2.61. The monoisotopic (exact) mass is 928 g/mol. The summed E-state index contributed by atoms with van der Waals surface area (Å²) in [7, 11) is -16.4. The molecule has 0 spiro atoms. The van der Waals surface area contributed by atoms with Crippen molar-refractivity contribution in [3.63, 3.8) is 0 Å². The van der Waals surface area contributed by atoms with Gasteiger partial charge in [0.15, 0.2) is 17.7 Å². The number of nitrogens with two attached hydrogens (primary N) is 2. The highest BCUT2D eigenvalue weighted by atomic mass is 32.2. The summed E-state index contributed by atoms with van der Waals surface area (Å²) in [5.41, 5.74) is 12.2. The van der Waals surface area contributed by atoms with Crippen LogP contribution in [-0.4, -0.2) is 129 Å². The van der Waals surface area contributed by atoms with Gasteiger partial charge in [0.05, 0.1) is 25.6 Å². The predicted octanol–water partition coefficient (Wildman–Crippen LogP) is -0.457. The molecule has 3 heterocycles. The number of hydrogen-bond acceptors (Lipinski definition) is 19. The Morgan fingerprint density at radius 1 is 1.05 bits per heavy atom. The van der Waals surface area contributed by atoms with Gasteiger partial charge in [-0.3, -0.25) is 32.5 Å². The van der Waals surface area contributed by atoms with Crippen LogP contribution in [0.1, 0.15) is 37.6 Å². The van der Waals surface area contributed by atoms with Crippen molar-refractivity contribution in [1.82, 2.24) is 30.2 Å². The van der Waals surface area contributed by atoms with Crippen LogP contribution in [0.3, 0.4) is 0 Å². The molecule has 0 radical (unpaired) electrons. The number of phosphoric ester groups is 3. The summed E-state index contributed by atoms with van der Waals surface area (Å²) in [6, 6.07) is 6.92. The van der Waals surface area contributed by atoms with Crippen molar-refractivity contribution in [2.45, 2.75) is 70.3 Å². The molecule has 334 valence electrons. The summed E-state index contributed by atoms with van der Waals surface area (Å²) >= 11 is 0.977. The first-order chi connectivity index (χ1) is 27.9. The van der Waals surface area contributed by atoms with Crippen molar-refractivity contribution >= 4 is 69.1 Å². The quantitative estimate of drug-likeness (QED) is 0.0450. The van der Waals surface area contributed by atoms with E-state index < -0.39 is 90.6 Å². The number of carbonyl (C=O) groups excluding carboxylic acids is 3. The maximum Gasteiger partial charge on any atom is 0.481 e. The number of phosphoric acid groups is 3. The second kappa shape index (κ2) is 20.7. The zero-order chi connectivity index (χ0) is 44.6. The molecule has 29 heteroatoms. The maximum atomic E-state index is 12.7. The number of hydrogen-bond donors (Lipinski definition) is 10. The fourth-order valence-electron chi connectivity index (χ4n) is 5.57. The molecule has 0 bridgehead atoms. The lowest BCUT2D eigenvalue weighted by atomic mass is 9.87. The number of amides is 2. The second-order valence-electron chi connectivity index (χ2n) is 14.0. The standard InChI is InChI=1S/C31H47N8O17P3S/c1-17-5-4-6-18(11-17)12-19(32)30(44)60-10-9-34-21(40)7-8-35-28(43)25(42)31(2,3)14-53-59(50,51)56-58(48,49)52-13-20-24(55-57(45,46)47)23(41)29(54-20)39-16-38-22-26(33)36-15-37-27(22)39/h4-6,11,15-16,19-20,23-25,29,41-42H,7-10,12-14,32H2,1-3H3,(H,34,40)(H,35,43)(H,48,49)(H,50,51)(H2,33,36,37)(H2,45,46,47). The number of nitrogen functional groups attached to an aromatic ring is 1. The topological polar surface area (TPSA) is 390 Å². The lowest BCUT2D eigenvalue weighted by molar-refractivity contribution is -0.137. The van der Waals surface area contributed by atoms with Crippen LogP contribution in [0.15, 0.2) is 36.9 Å². The third-order valence-electron chi connectivity index (χ3n) is 8.59. The predicted molar refractivity (Wildman–Crippen MR) is 210 cm³/mol. The molecule has 2 aromatic heterocycles. The van der Waals surface area contributed by atoms with E-state index in [2.05, 4.69) is 34.4 Å². The Balaban J connectivity index is 1.20. The van der Waals surface area contributed by atoms with Crippen LogP contribution in [0.2, 0.25) is 0 Å². The molecule has 1 aliphatic rings. The number of benzene rings is 1. The molecule has 8 unspecified atom stereocenters. The summed E-state index contributed by atoms with van der Waals surface area (Å²) in [6.45, 7) is 2.31.